The molecule has 1 amide bonds. The number of carbonyl (C=O) groups excluding carboxylic acids is 1. The van der Waals surface area contributed by atoms with Crippen molar-refractivity contribution >= 4 is 11.7 Å². The summed E-state index contributed by atoms with van der Waals surface area (Å²) in [7, 11) is 0. The van der Waals surface area contributed by atoms with Gasteiger partial charge in [0.15, 0.2) is 0 Å². The SMILES string of the molecule is Cc1c(C#N)c(NC(=O)CN(Cc2ccco2)Cc2ccco2)n(Cc2ccc(F)cc2)c1C. The molecule has 0 atom stereocenters. The maximum atomic E-state index is 13.3. The molecule has 4 aromatic rings. The highest BCUT2D eigenvalue weighted by molar-refractivity contribution is 5.93. The molecule has 1 N–H and O–H groups in total. The summed E-state index contributed by atoms with van der Waals surface area (Å²) in [6, 6.07) is 15.7. The Morgan fingerprint density at radius 3 is 2.21 bits per heavy atom. The number of benzene rings is 1. The highest BCUT2D eigenvalue weighted by Gasteiger charge is 2.22. The standard InChI is InChI=1S/C26H25FN4O3/c1-18-19(2)31(14-20-7-9-21(27)10-8-20)26(24(18)13-28)29-25(32)17-30(15-22-5-3-11-33-22)16-23-6-4-12-34-23/h3-12H,14-17H2,1-2H3,(H,29,32). The second kappa shape index (κ2) is 10.2. The normalized spacial score (nSPS) is 11.0. The molecule has 3 aromatic heterocycles. The number of carbonyl (C=O) groups is 1. The number of nitrogens with one attached hydrogen (secondary N) is 1. The van der Waals surface area contributed by atoms with Crippen LogP contribution in [0.2, 0.25) is 0 Å². The molecule has 0 spiro atoms. The molecule has 8 heteroatoms. The van der Waals surface area contributed by atoms with Gasteiger partial charge in [0.1, 0.15) is 29.2 Å². The summed E-state index contributed by atoms with van der Waals surface area (Å²) < 4.78 is 26.1. The average molecular weight is 461 g/mol. The third-order valence-electron chi connectivity index (χ3n) is 5.74. The number of furan rings is 2. The van der Waals surface area contributed by atoms with Crippen molar-refractivity contribution in [2.24, 2.45) is 0 Å². The fourth-order valence-corrected chi connectivity index (χ4v) is 3.89. The molecule has 1 aromatic carbocycles. The number of nitrogens with zero attached hydrogens (tertiary/aromatic N) is 3. The van der Waals surface area contributed by atoms with E-state index in [0.717, 1.165) is 28.3 Å². The van der Waals surface area contributed by atoms with Gasteiger partial charge in [-0.25, -0.2) is 4.39 Å². The molecule has 34 heavy (non-hydrogen) atoms. The van der Waals surface area contributed by atoms with Crippen LogP contribution in [-0.4, -0.2) is 21.9 Å². The summed E-state index contributed by atoms with van der Waals surface area (Å²) >= 11 is 0. The van der Waals surface area contributed by atoms with Crippen LogP contribution in [0.4, 0.5) is 10.2 Å². The molecule has 174 valence electrons. The van der Waals surface area contributed by atoms with Crippen LogP contribution >= 0.6 is 0 Å². The molecule has 4 rings (SSSR count). The highest BCUT2D eigenvalue weighted by atomic mass is 19.1. The number of rotatable bonds is 9. The smallest absolute Gasteiger partial charge is 0.239 e. The Hall–Kier alpha value is -4.09. The van der Waals surface area contributed by atoms with Gasteiger partial charge in [-0.1, -0.05) is 12.1 Å². The minimum absolute atomic E-state index is 0.0616. The van der Waals surface area contributed by atoms with Crippen LogP contribution in [0.3, 0.4) is 0 Å². The van der Waals surface area contributed by atoms with Gasteiger partial charge in [-0.05, 0) is 61.4 Å². The van der Waals surface area contributed by atoms with E-state index in [2.05, 4.69) is 11.4 Å². The quantitative estimate of drug-likeness (QED) is 0.380. The molecule has 0 saturated carbocycles. The maximum Gasteiger partial charge on any atom is 0.239 e. The zero-order valence-corrected chi connectivity index (χ0v) is 19.0. The number of nitriles is 1. The number of anilines is 1. The lowest BCUT2D eigenvalue weighted by molar-refractivity contribution is -0.117. The maximum absolute atomic E-state index is 13.3. The first-order valence-electron chi connectivity index (χ1n) is 10.9. The van der Waals surface area contributed by atoms with Crippen molar-refractivity contribution in [2.45, 2.75) is 33.5 Å². The third-order valence-corrected chi connectivity index (χ3v) is 5.74. The van der Waals surface area contributed by atoms with Gasteiger partial charge in [0.25, 0.3) is 0 Å². The Bertz CT molecular complexity index is 1250. The summed E-state index contributed by atoms with van der Waals surface area (Å²) in [5.74, 6) is 1.30. The van der Waals surface area contributed by atoms with Gasteiger partial charge in [-0.15, -0.1) is 0 Å². The summed E-state index contributed by atoms with van der Waals surface area (Å²) in [5.41, 5.74) is 2.93. The fourth-order valence-electron chi connectivity index (χ4n) is 3.89. The van der Waals surface area contributed by atoms with Gasteiger partial charge < -0.3 is 18.7 Å². The van der Waals surface area contributed by atoms with E-state index >= 15 is 0 Å². The van der Waals surface area contributed by atoms with Gasteiger partial charge in [-0.3, -0.25) is 9.69 Å². The van der Waals surface area contributed by atoms with Crippen LogP contribution in [0, 0.1) is 31.0 Å². The number of aromatic nitrogens is 1. The molecule has 0 unspecified atom stereocenters. The van der Waals surface area contributed by atoms with Gasteiger partial charge in [0, 0.05) is 12.2 Å². The predicted octanol–water partition coefficient (Wildman–Crippen LogP) is 4.99. The van der Waals surface area contributed by atoms with E-state index in [1.807, 2.05) is 35.4 Å². The first-order valence-corrected chi connectivity index (χ1v) is 10.9. The summed E-state index contributed by atoms with van der Waals surface area (Å²) in [6.07, 6.45) is 3.18. The van der Waals surface area contributed by atoms with Crippen molar-refractivity contribution in [2.75, 3.05) is 11.9 Å². The van der Waals surface area contributed by atoms with Gasteiger partial charge >= 0.3 is 0 Å². The minimum atomic E-state index is -0.316. The van der Waals surface area contributed by atoms with E-state index < -0.39 is 0 Å². The second-order valence-corrected chi connectivity index (χ2v) is 8.11. The molecule has 3 heterocycles. The van der Waals surface area contributed by atoms with Gasteiger partial charge in [0.05, 0.1) is 37.7 Å². The largest absolute Gasteiger partial charge is 0.468 e. The number of amides is 1. The molecule has 0 radical (unpaired) electrons. The van der Waals surface area contributed by atoms with Crippen LogP contribution in [0.15, 0.2) is 69.9 Å². The van der Waals surface area contributed by atoms with E-state index in [0.29, 0.717) is 31.0 Å². The van der Waals surface area contributed by atoms with E-state index in [9.17, 15) is 14.4 Å². The van der Waals surface area contributed by atoms with Gasteiger partial charge in [0.2, 0.25) is 5.91 Å². The third kappa shape index (κ3) is 5.27. The number of halogens is 1. The molecule has 0 bridgehead atoms. The van der Waals surface area contributed by atoms with Crippen LogP contribution in [0.5, 0.6) is 0 Å². The Morgan fingerprint density at radius 2 is 1.68 bits per heavy atom. The fraction of sp³-hybridized carbons (Fsp3) is 0.231. The Kier molecular flexibility index (Phi) is 6.95. The van der Waals surface area contributed by atoms with Crippen molar-refractivity contribution in [3.63, 3.8) is 0 Å². The first-order chi connectivity index (χ1) is 16.4. The van der Waals surface area contributed by atoms with Gasteiger partial charge in [-0.2, -0.15) is 5.26 Å². The van der Waals surface area contributed by atoms with Crippen molar-refractivity contribution in [3.05, 3.63) is 101 Å². The van der Waals surface area contributed by atoms with E-state index in [-0.39, 0.29) is 18.3 Å². The lowest BCUT2D eigenvalue weighted by Crippen LogP contribution is -2.33. The number of hydrogen-bond donors (Lipinski definition) is 1. The monoisotopic (exact) mass is 460 g/mol. The molecular formula is C26H25FN4O3. The molecule has 0 aliphatic heterocycles. The zero-order chi connectivity index (χ0) is 24.1. The summed E-state index contributed by atoms with van der Waals surface area (Å²) in [5, 5.41) is 12.7. The molecular weight excluding hydrogens is 435 g/mol. The minimum Gasteiger partial charge on any atom is -0.468 e. The lowest BCUT2D eigenvalue weighted by Gasteiger charge is -2.20. The molecule has 0 aliphatic rings. The van der Waals surface area contributed by atoms with Crippen molar-refractivity contribution in [3.8, 4) is 6.07 Å². The molecule has 0 saturated heterocycles. The van der Waals surface area contributed by atoms with Crippen LogP contribution < -0.4 is 5.32 Å². The van der Waals surface area contributed by atoms with E-state index in [1.165, 1.54) is 12.1 Å². The van der Waals surface area contributed by atoms with Crippen LogP contribution in [0.25, 0.3) is 0 Å². The highest BCUT2D eigenvalue weighted by Crippen LogP contribution is 2.27. The average Bonchev–Trinajstić information content (AvgIpc) is 3.56. The zero-order valence-electron chi connectivity index (χ0n) is 19.0. The predicted molar refractivity (Wildman–Crippen MR) is 124 cm³/mol. The first kappa shape index (κ1) is 23.1. The second-order valence-electron chi connectivity index (χ2n) is 8.11. The Balaban J connectivity index is 1.56. The molecule has 7 nitrogen and oxygen atoms in total. The number of hydrogen-bond acceptors (Lipinski definition) is 5. The molecule has 0 fully saturated rings. The van der Waals surface area contributed by atoms with Crippen molar-refractivity contribution in [1.29, 1.82) is 5.26 Å². The molecule has 0 aliphatic carbocycles. The van der Waals surface area contributed by atoms with E-state index in [1.54, 1.807) is 36.8 Å². The van der Waals surface area contributed by atoms with Crippen molar-refractivity contribution in [1.82, 2.24) is 9.47 Å². The van der Waals surface area contributed by atoms with E-state index in [4.69, 9.17) is 8.83 Å². The Morgan fingerprint density at radius 1 is 1.06 bits per heavy atom. The van der Waals surface area contributed by atoms with Crippen molar-refractivity contribution < 1.29 is 18.0 Å². The summed E-state index contributed by atoms with van der Waals surface area (Å²) in [4.78, 5) is 15.0. The lowest BCUT2D eigenvalue weighted by atomic mass is 10.2. The van der Waals surface area contributed by atoms with Crippen LogP contribution in [0.1, 0.15) is 33.9 Å². The topological polar surface area (TPSA) is 87.3 Å². The van der Waals surface area contributed by atoms with Crippen LogP contribution in [-0.2, 0) is 24.4 Å². The Labute approximate surface area is 197 Å². The summed E-state index contributed by atoms with van der Waals surface area (Å²) in [6.45, 7) is 5.04.